The quantitative estimate of drug-likeness (QED) is 0.582. The van der Waals surface area contributed by atoms with Crippen LogP contribution in [-0.4, -0.2) is 35.8 Å². The van der Waals surface area contributed by atoms with E-state index in [4.69, 9.17) is 21.1 Å². The van der Waals surface area contributed by atoms with Crippen LogP contribution in [0.3, 0.4) is 0 Å². The van der Waals surface area contributed by atoms with Gasteiger partial charge in [-0.1, -0.05) is 11.6 Å². The van der Waals surface area contributed by atoms with Gasteiger partial charge in [-0.3, -0.25) is 10.1 Å². The van der Waals surface area contributed by atoms with Crippen molar-refractivity contribution in [3.05, 3.63) is 51.2 Å². The predicted octanol–water partition coefficient (Wildman–Crippen LogP) is 2.81. The van der Waals surface area contributed by atoms with E-state index in [1.54, 1.807) is 18.2 Å². The Morgan fingerprint density at radius 1 is 1.29 bits per heavy atom. The highest BCUT2D eigenvalue weighted by molar-refractivity contribution is 6.33. The molecule has 24 heavy (non-hydrogen) atoms. The number of nitro groups is 1. The number of aliphatic hydroxyl groups is 1. The van der Waals surface area contributed by atoms with E-state index in [1.165, 1.54) is 20.3 Å². The number of halogens is 1. The van der Waals surface area contributed by atoms with Crippen LogP contribution in [-0.2, 0) is 0 Å². The second-order valence-corrected chi connectivity index (χ2v) is 5.23. The summed E-state index contributed by atoms with van der Waals surface area (Å²) in [5, 5.41) is 23.9. The van der Waals surface area contributed by atoms with E-state index in [0.29, 0.717) is 17.1 Å². The van der Waals surface area contributed by atoms with E-state index in [0.717, 1.165) is 6.20 Å². The summed E-state index contributed by atoms with van der Waals surface area (Å²) in [6.45, 7) is 0.0981. The van der Waals surface area contributed by atoms with Crippen LogP contribution >= 0.6 is 11.6 Å². The molecule has 0 amide bonds. The van der Waals surface area contributed by atoms with Crippen LogP contribution in [0.4, 0.5) is 11.5 Å². The summed E-state index contributed by atoms with van der Waals surface area (Å²) in [6.07, 6.45) is 0.205. The number of nitrogens with zero attached hydrogens (tertiary/aromatic N) is 2. The third kappa shape index (κ3) is 4.24. The van der Waals surface area contributed by atoms with Crippen molar-refractivity contribution in [2.24, 2.45) is 0 Å². The van der Waals surface area contributed by atoms with E-state index in [-0.39, 0.29) is 23.1 Å². The van der Waals surface area contributed by atoms with Crippen molar-refractivity contribution >= 4 is 23.1 Å². The molecule has 9 heteroatoms. The molecule has 1 unspecified atom stereocenters. The minimum atomic E-state index is -0.887. The standard InChI is InChI=1S/C15H16ClN3O5/c1-23-11-3-9(4-12(6-11)24-2)14(20)8-18-15-13(16)5-10(7-17-15)19(21)22/h3-7,14,20H,8H2,1-2H3,(H,17,18). The number of nitrogens with one attached hydrogen (secondary N) is 1. The first kappa shape index (κ1) is 17.8. The number of hydrogen-bond donors (Lipinski definition) is 2. The average molecular weight is 354 g/mol. The van der Waals surface area contributed by atoms with Gasteiger partial charge in [0.05, 0.1) is 30.3 Å². The van der Waals surface area contributed by atoms with Crippen LogP contribution in [0.1, 0.15) is 11.7 Å². The maximum absolute atomic E-state index is 10.7. The minimum absolute atomic E-state index is 0.0969. The highest BCUT2D eigenvalue weighted by Crippen LogP contribution is 2.28. The molecule has 2 aromatic rings. The molecule has 0 fully saturated rings. The van der Waals surface area contributed by atoms with Gasteiger partial charge in [-0.05, 0) is 17.7 Å². The Labute approximate surface area is 143 Å². The molecular formula is C15H16ClN3O5. The van der Waals surface area contributed by atoms with Gasteiger partial charge in [-0.15, -0.1) is 0 Å². The van der Waals surface area contributed by atoms with Gasteiger partial charge in [0.2, 0.25) is 0 Å². The summed E-state index contributed by atoms with van der Waals surface area (Å²) in [7, 11) is 3.04. The molecular weight excluding hydrogens is 338 g/mol. The lowest BCUT2D eigenvalue weighted by atomic mass is 10.1. The molecule has 8 nitrogen and oxygen atoms in total. The van der Waals surface area contributed by atoms with Crippen molar-refractivity contribution in [1.82, 2.24) is 4.98 Å². The van der Waals surface area contributed by atoms with Crippen LogP contribution in [0.25, 0.3) is 0 Å². The molecule has 1 heterocycles. The number of aliphatic hydroxyl groups excluding tert-OH is 1. The van der Waals surface area contributed by atoms with Crippen LogP contribution in [0.5, 0.6) is 11.5 Å². The first-order valence-corrected chi connectivity index (χ1v) is 7.27. The third-order valence-corrected chi connectivity index (χ3v) is 3.55. The minimum Gasteiger partial charge on any atom is -0.497 e. The molecule has 0 bridgehead atoms. The number of hydrogen-bond acceptors (Lipinski definition) is 7. The Kier molecular flexibility index (Phi) is 5.78. The van der Waals surface area contributed by atoms with E-state index in [9.17, 15) is 15.2 Å². The van der Waals surface area contributed by atoms with Crippen molar-refractivity contribution in [3.8, 4) is 11.5 Å². The van der Waals surface area contributed by atoms with Crippen molar-refractivity contribution in [2.45, 2.75) is 6.10 Å². The zero-order valence-corrected chi connectivity index (χ0v) is 13.8. The van der Waals surface area contributed by atoms with Gasteiger partial charge in [-0.25, -0.2) is 4.98 Å². The monoisotopic (exact) mass is 353 g/mol. The molecule has 1 aromatic heterocycles. The fourth-order valence-corrected chi connectivity index (χ4v) is 2.22. The molecule has 0 aliphatic heterocycles. The molecule has 0 spiro atoms. The highest BCUT2D eigenvalue weighted by Gasteiger charge is 2.14. The number of ether oxygens (including phenoxy) is 2. The van der Waals surface area contributed by atoms with E-state index >= 15 is 0 Å². The van der Waals surface area contributed by atoms with Crippen LogP contribution in [0.15, 0.2) is 30.5 Å². The summed E-state index contributed by atoms with van der Waals surface area (Å²) in [6, 6.07) is 6.25. The molecule has 128 valence electrons. The van der Waals surface area contributed by atoms with Crippen LogP contribution in [0, 0.1) is 10.1 Å². The Hall–Kier alpha value is -2.58. The topological polar surface area (TPSA) is 107 Å². The number of benzene rings is 1. The first-order valence-electron chi connectivity index (χ1n) is 6.89. The van der Waals surface area contributed by atoms with Crippen LogP contribution in [0.2, 0.25) is 5.02 Å². The molecule has 0 aliphatic carbocycles. The van der Waals surface area contributed by atoms with E-state index in [1.807, 2.05) is 0 Å². The zero-order valence-electron chi connectivity index (χ0n) is 13.0. The number of aromatic nitrogens is 1. The van der Waals surface area contributed by atoms with Gasteiger partial charge in [-0.2, -0.15) is 0 Å². The second kappa shape index (κ2) is 7.80. The van der Waals surface area contributed by atoms with E-state index < -0.39 is 11.0 Å². The van der Waals surface area contributed by atoms with E-state index in [2.05, 4.69) is 10.3 Å². The Balaban J connectivity index is 2.10. The summed E-state index contributed by atoms with van der Waals surface area (Å²) in [4.78, 5) is 14.0. The maximum atomic E-state index is 10.7. The molecule has 0 saturated heterocycles. The molecule has 1 atom stereocenters. The maximum Gasteiger partial charge on any atom is 0.289 e. The highest BCUT2D eigenvalue weighted by atomic mass is 35.5. The SMILES string of the molecule is COc1cc(OC)cc(C(O)CNc2ncc([N+](=O)[O-])cc2Cl)c1. The second-order valence-electron chi connectivity index (χ2n) is 4.82. The number of anilines is 1. The lowest BCUT2D eigenvalue weighted by Crippen LogP contribution is -2.13. The lowest BCUT2D eigenvalue weighted by molar-refractivity contribution is -0.385. The largest absolute Gasteiger partial charge is 0.497 e. The van der Waals surface area contributed by atoms with Gasteiger partial charge >= 0.3 is 0 Å². The molecule has 0 aliphatic rings. The summed E-state index contributed by atoms with van der Waals surface area (Å²) >= 11 is 5.95. The van der Waals surface area contributed by atoms with Crippen molar-refractivity contribution in [1.29, 1.82) is 0 Å². The van der Waals surface area contributed by atoms with Crippen molar-refractivity contribution in [2.75, 3.05) is 26.1 Å². The zero-order chi connectivity index (χ0) is 17.7. The molecule has 2 rings (SSSR count). The fraction of sp³-hybridized carbons (Fsp3) is 0.267. The van der Waals surface area contributed by atoms with Gasteiger partial charge in [0, 0.05) is 18.7 Å². The molecule has 2 N–H and O–H groups in total. The van der Waals surface area contributed by atoms with Gasteiger partial charge in [0.15, 0.2) is 0 Å². The average Bonchev–Trinajstić information content (AvgIpc) is 2.59. The Morgan fingerprint density at radius 3 is 2.42 bits per heavy atom. The lowest BCUT2D eigenvalue weighted by Gasteiger charge is -2.15. The Morgan fingerprint density at radius 2 is 1.92 bits per heavy atom. The summed E-state index contributed by atoms with van der Waals surface area (Å²) in [5.74, 6) is 1.35. The fourth-order valence-electron chi connectivity index (χ4n) is 1.99. The number of methoxy groups -OCH3 is 2. The smallest absolute Gasteiger partial charge is 0.289 e. The van der Waals surface area contributed by atoms with Crippen LogP contribution < -0.4 is 14.8 Å². The van der Waals surface area contributed by atoms with Gasteiger partial charge in [0.25, 0.3) is 5.69 Å². The molecule has 0 saturated carbocycles. The number of rotatable bonds is 7. The van der Waals surface area contributed by atoms with Crippen molar-refractivity contribution < 1.29 is 19.5 Å². The predicted molar refractivity (Wildman–Crippen MR) is 88.9 cm³/mol. The normalized spacial score (nSPS) is 11.7. The number of pyridine rings is 1. The third-order valence-electron chi connectivity index (χ3n) is 3.26. The summed E-state index contributed by atoms with van der Waals surface area (Å²) < 4.78 is 10.3. The first-order chi connectivity index (χ1) is 11.4. The Bertz CT molecular complexity index is 719. The van der Waals surface area contributed by atoms with Gasteiger partial charge < -0.3 is 19.9 Å². The van der Waals surface area contributed by atoms with Crippen molar-refractivity contribution in [3.63, 3.8) is 0 Å². The molecule has 0 radical (unpaired) electrons. The summed E-state index contributed by atoms with van der Waals surface area (Å²) in [5.41, 5.74) is 0.375. The van der Waals surface area contributed by atoms with Gasteiger partial charge in [0.1, 0.15) is 23.5 Å². The molecule has 1 aromatic carbocycles.